The molecular formula is C16H25N. The molecule has 0 bridgehead atoms. The highest BCUT2D eigenvalue weighted by Gasteiger charge is 2.06. The molecule has 94 valence electrons. The fourth-order valence-corrected chi connectivity index (χ4v) is 1.84. The Hall–Kier alpha value is -1.24. The molecule has 0 aliphatic rings. The SMILES string of the molecule is CC.CC(C)c1ccc2cc(C(C)C)[nH]c2c1. The summed E-state index contributed by atoms with van der Waals surface area (Å²) in [7, 11) is 0. The third-order valence-corrected chi connectivity index (χ3v) is 2.96. The molecule has 0 amide bonds. The highest BCUT2D eigenvalue weighted by molar-refractivity contribution is 5.81. The van der Waals surface area contributed by atoms with Crippen LogP contribution >= 0.6 is 0 Å². The summed E-state index contributed by atoms with van der Waals surface area (Å²) >= 11 is 0. The van der Waals surface area contributed by atoms with E-state index in [9.17, 15) is 0 Å². The molecule has 1 heteroatoms. The van der Waals surface area contributed by atoms with E-state index in [4.69, 9.17) is 0 Å². The molecule has 0 aliphatic heterocycles. The Labute approximate surface area is 105 Å². The standard InChI is InChI=1S/C14H19N.C2H6/c1-9(2)11-5-6-12-8-13(10(3)4)15-14(12)7-11;1-2/h5-10,15H,1-4H3;1-2H3. The quantitative estimate of drug-likeness (QED) is 0.708. The van der Waals surface area contributed by atoms with Crippen molar-refractivity contribution in [3.63, 3.8) is 0 Å². The van der Waals surface area contributed by atoms with Crippen LogP contribution in [0.3, 0.4) is 0 Å². The molecule has 1 heterocycles. The van der Waals surface area contributed by atoms with Crippen LogP contribution in [0.2, 0.25) is 0 Å². The van der Waals surface area contributed by atoms with Gasteiger partial charge < -0.3 is 4.98 Å². The second-order valence-corrected chi connectivity index (χ2v) is 4.88. The Balaban J connectivity index is 0.000000686. The van der Waals surface area contributed by atoms with Gasteiger partial charge in [0, 0.05) is 11.2 Å². The summed E-state index contributed by atoms with van der Waals surface area (Å²) < 4.78 is 0. The molecule has 0 saturated carbocycles. The van der Waals surface area contributed by atoms with Crippen LogP contribution in [0.25, 0.3) is 10.9 Å². The zero-order valence-corrected chi connectivity index (χ0v) is 12.0. The van der Waals surface area contributed by atoms with E-state index in [0.29, 0.717) is 11.8 Å². The smallest absolute Gasteiger partial charge is 0.0459 e. The van der Waals surface area contributed by atoms with Crippen molar-refractivity contribution in [2.45, 2.75) is 53.4 Å². The fraction of sp³-hybridized carbons (Fsp3) is 0.500. The second-order valence-electron chi connectivity index (χ2n) is 4.88. The number of hydrogen-bond donors (Lipinski definition) is 1. The first kappa shape index (κ1) is 13.8. The van der Waals surface area contributed by atoms with Gasteiger partial charge >= 0.3 is 0 Å². The van der Waals surface area contributed by atoms with Crippen LogP contribution in [0.5, 0.6) is 0 Å². The molecule has 2 aromatic rings. The summed E-state index contributed by atoms with van der Waals surface area (Å²) in [6, 6.07) is 8.97. The summed E-state index contributed by atoms with van der Waals surface area (Å²) in [5, 5.41) is 1.32. The van der Waals surface area contributed by atoms with Crippen LogP contribution in [0.15, 0.2) is 24.3 Å². The molecular weight excluding hydrogens is 206 g/mol. The van der Waals surface area contributed by atoms with Crippen molar-refractivity contribution < 1.29 is 0 Å². The van der Waals surface area contributed by atoms with E-state index < -0.39 is 0 Å². The highest BCUT2D eigenvalue weighted by Crippen LogP contribution is 2.24. The molecule has 1 aromatic carbocycles. The maximum absolute atomic E-state index is 3.49. The van der Waals surface area contributed by atoms with Crippen LogP contribution in [0, 0.1) is 0 Å². The Morgan fingerprint density at radius 2 is 1.53 bits per heavy atom. The van der Waals surface area contributed by atoms with Gasteiger partial charge in [0.2, 0.25) is 0 Å². The molecule has 0 spiro atoms. The van der Waals surface area contributed by atoms with Crippen molar-refractivity contribution in [1.82, 2.24) is 4.98 Å². The van der Waals surface area contributed by atoms with Crippen LogP contribution in [0.1, 0.15) is 64.6 Å². The van der Waals surface area contributed by atoms with Gasteiger partial charge in [0.1, 0.15) is 0 Å². The zero-order chi connectivity index (χ0) is 13.0. The van der Waals surface area contributed by atoms with Gasteiger partial charge in [-0.25, -0.2) is 0 Å². The molecule has 0 atom stereocenters. The fourth-order valence-electron chi connectivity index (χ4n) is 1.84. The van der Waals surface area contributed by atoms with E-state index in [1.807, 2.05) is 13.8 Å². The Morgan fingerprint density at radius 1 is 0.882 bits per heavy atom. The van der Waals surface area contributed by atoms with Crippen molar-refractivity contribution in [3.05, 3.63) is 35.5 Å². The van der Waals surface area contributed by atoms with Crippen molar-refractivity contribution >= 4 is 10.9 Å². The summed E-state index contributed by atoms with van der Waals surface area (Å²) in [4.78, 5) is 3.49. The first-order valence-electron chi connectivity index (χ1n) is 6.70. The first-order valence-corrected chi connectivity index (χ1v) is 6.70. The number of aromatic amines is 1. The molecule has 0 aliphatic carbocycles. The average Bonchev–Trinajstić information content (AvgIpc) is 2.74. The Morgan fingerprint density at radius 3 is 2.06 bits per heavy atom. The van der Waals surface area contributed by atoms with Gasteiger partial charge in [0.25, 0.3) is 0 Å². The average molecular weight is 231 g/mol. The monoisotopic (exact) mass is 231 g/mol. The topological polar surface area (TPSA) is 15.8 Å². The van der Waals surface area contributed by atoms with Crippen LogP contribution in [-0.4, -0.2) is 4.98 Å². The van der Waals surface area contributed by atoms with Crippen molar-refractivity contribution in [2.75, 3.05) is 0 Å². The number of aromatic nitrogens is 1. The highest BCUT2D eigenvalue weighted by atomic mass is 14.7. The summed E-state index contributed by atoms with van der Waals surface area (Å²) in [5.41, 5.74) is 4.00. The maximum Gasteiger partial charge on any atom is 0.0459 e. The third kappa shape index (κ3) is 3.12. The lowest BCUT2D eigenvalue weighted by Crippen LogP contribution is -1.86. The number of fused-ring (bicyclic) bond motifs is 1. The molecule has 1 aromatic heterocycles. The molecule has 0 fully saturated rings. The first-order chi connectivity index (χ1) is 8.08. The van der Waals surface area contributed by atoms with Crippen LogP contribution in [-0.2, 0) is 0 Å². The zero-order valence-electron chi connectivity index (χ0n) is 12.0. The third-order valence-electron chi connectivity index (χ3n) is 2.96. The number of nitrogens with one attached hydrogen (secondary N) is 1. The largest absolute Gasteiger partial charge is 0.358 e. The van der Waals surface area contributed by atoms with Crippen molar-refractivity contribution in [3.8, 4) is 0 Å². The molecule has 17 heavy (non-hydrogen) atoms. The van der Waals surface area contributed by atoms with E-state index in [-0.39, 0.29) is 0 Å². The summed E-state index contributed by atoms with van der Waals surface area (Å²) in [6.45, 7) is 12.9. The Bertz CT molecular complexity index is 457. The molecule has 0 saturated heterocycles. The normalized spacial score (nSPS) is 10.8. The lowest BCUT2D eigenvalue weighted by Gasteiger charge is -2.04. The second kappa shape index (κ2) is 5.90. The van der Waals surface area contributed by atoms with Crippen LogP contribution in [0.4, 0.5) is 0 Å². The number of rotatable bonds is 2. The lowest BCUT2D eigenvalue weighted by molar-refractivity contribution is 0.836. The predicted octanol–water partition coefficient (Wildman–Crippen LogP) is 5.44. The predicted molar refractivity (Wildman–Crippen MR) is 77.8 cm³/mol. The van der Waals surface area contributed by atoms with Gasteiger partial charge in [0.15, 0.2) is 0 Å². The molecule has 1 N–H and O–H groups in total. The number of benzene rings is 1. The number of H-pyrrole nitrogens is 1. The van der Waals surface area contributed by atoms with Gasteiger partial charge in [0.05, 0.1) is 0 Å². The molecule has 0 unspecified atom stereocenters. The molecule has 0 radical (unpaired) electrons. The molecule has 1 nitrogen and oxygen atoms in total. The number of hydrogen-bond acceptors (Lipinski definition) is 0. The molecule has 2 rings (SSSR count). The van der Waals surface area contributed by atoms with E-state index in [2.05, 4.69) is 56.9 Å². The van der Waals surface area contributed by atoms with Crippen molar-refractivity contribution in [1.29, 1.82) is 0 Å². The minimum absolute atomic E-state index is 0.569. The Kier molecular flexibility index (Phi) is 4.80. The van der Waals surface area contributed by atoms with E-state index in [1.165, 1.54) is 22.2 Å². The van der Waals surface area contributed by atoms with E-state index in [1.54, 1.807) is 0 Å². The minimum atomic E-state index is 0.569. The van der Waals surface area contributed by atoms with Gasteiger partial charge in [-0.3, -0.25) is 0 Å². The lowest BCUT2D eigenvalue weighted by atomic mass is 10.0. The summed E-state index contributed by atoms with van der Waals surface area (Å²) in [5.74, 6) is 1.17. The van der Waals surface area contributed by atoms with Crippen LogP contribution < -0.4 is 0 Å². The summed E-state index contributed by atoms with van der Waals surface area (Å²) in [6.07, 6.45) is 0. The van der Waals surface area contributed by atoms with E-state index in [0.717, 1.165) is 0 Å². The van der Waals surface area contributed by atoms with Gasteiger partial charge in [-0.05, 0) is 34.9 Å². The minimum Gasteiger partial charge on any atom is -0.358 e. The van der Waals surface area contributed by atoms with Gasteiger partial charge in [-0.15, -0.1) is 0 Å². The van der Waals surface area contributed by atoms with E-state index >= 15 is 0 Å². The maximum atomic E-state index is 3.49. The van der Waals surface area contributed by atoms with Gasteiger partial charge in [-0.2, -0.15) is 0 Å². The van der Waals surface area contributed by atoms with Gasteiger partial charge in [-0.1, -0.05) is 53.7 Å². The van der Waals surface area contributed by atoms with Crippen molar-refractivity contribution in [2.24, 2.45) is 0 Å².